The van der Waals surface area contributed by atoms with Crippen molar-refractivity contribution in [1.82, 2.24) is 15.1 Å². The molecule has 2 fully saturated rings. The molecule has 10 nitrogen and oxygen atoms in total. The lowest BCUT2D eigenvalue weighted by molar-refractivity contribution is -0.140. The highest BCUT2D eigenvalue weighted by Crippen LogP contribution is 2.34. The number of likely N-dealkylation sites (tertiary alicyclic amines) is 1. The molecule has 0 spiro atoms. The number of nitrogens with zero attached hydrogens (tertiary/aromatic N) is 2. The normalized spacial score (nSPS) is 18.6. The Balaban J connectivity index is 0.00000768. The van der Waals surface area contributed by atoms with Gasteiger partial charge in [-0.25, -0.2) is 4.79 Å². The summed E-state index contributed by atoms with van der Waals surface area (Å²) in [5.74, 6) is 1.02. The minimum absolute atomic E-state index is 0. The second-order valence-electron chi connectivity index (χ2n) is 14.9. The van der Waals surface area contributed by atoms with Crippen LogP contribution in [0.15, 0.2) is 18.2 Å². The van der Waals surface area contributed by atoms with Crippen LogP contribution in [-0.4, -0.2) is 85.9 Å². The maximum absolute atomic E-state index is 14.3. The van der Waals surface area contributed by atoms with E-state index in [0.29, 0.717) is 49.5 Å². The molecule has 1 saturated carbocycles. The number of carbonyl (C=O) groups is 3. The van der Waals surface area contributed by atoms with Gasteiger partial charge < -0.3 is 34.1 Å². The average Bonchev–Trinajstić information content (AvgIpc) is 3.81. The van der Waals surface area contributed by atoms with E-state index in [0.717, 1.165) is 37.7 Å². The molecule has 3 amide bonds. The highest BCUT2D eigenvalue weighted by atomic mass is 16.6. The van der Waals surface area contributed by atoms with E-state index in [4.69, 9.17) is 18.9 Å². The molecule has 1 saturated heterocycles. The van der Waals surface area contributed by atoms with Gasteiger partial charge in [0.25, 0.3) is 0 Å². The average molecular weight is 648 g/mol. The Morgan fingerprint density at radius 1 is 0.957 bits per heavy atom. The van der Waals surface area contributed by atoms with Crippen molar-refractivity contribution in [2.24, 2.45) is 23.7 Å². The van der Waals surface area contributed by atoms with Crippen molar-refractivity contribution in [3.63, 3.8) is 0 Å². The molecule has 1 aromatic rings. The Kier molecular flexibility index (Phi) is 14.0. The van der Waals surface area contributed by atoms with Crippen molar-refractivity contribution in [3.8, 4) is 11.5 Å². The summed E-state index contributed by atoms with van der Waals surface area (Å²) >= 11 is 0. The highest BCUT2D eigenvalue weighted by molar-refractivity contribution is 5.84. The van der Waals surface area contributed by atoms with Crippen molar-refractivity contribution in [2.45, 2.75) is 111 Å². The van der Waals surface area contributed by atoms with E-state index in [1.807, 2.05) is 43.9 Å². The summed E-state index contributed by atoms with van der Waals surface area (Å²) in [6, 6.07) is 5.88. The number of amides is 3. The van der Waals surface area contributed by atoms with Crippen LogP contribution in [0, 0.1) is 23.7 Å². The van der Waals surface area contributed by atoms with Gasteiger partial charge in [-0.15, -0.1) is 0 Å². The third-order valence-corrected chi connectivity index (χ3v) is 8.24. The quantitative estimate of drug-likeness (QED) is 0.210. The Labute approximate surface area is 278 Å². The molecule has 2 aliphatic rings. The molecule has 1 aliphatic heterocycles. The van der Waals surface area contributed by atoms with Crippen molar-refractivity contribution in [2.75, 3.05) is 40.5 Å². The van der Waals surface area contributed by atoms with E-state index in [1.165, 1.54) is 0 Å². The Bertz CT molecular complexity index is 1140. The number of benzene rings is 1. The highest BCUT2D eigenvalue weighted by Gasteiger charge is 2.43. The van der Waals surface area contributed by atoms with E-state index in [2.05, 4.69) is 33.0 Å². The molecule has 1 heterocycles. The molecule has 10 heteroatoms. The third kappa shape index (κ3) is 12.3. The van der Waals surface area contributed by atoms with Crippen molar-refractivity contribution >= 4 is 17.9 Å². The van der Waals surface area contributed by atoms with Gasteiger partial charge in [0.1, 0.15) is 17.1 Å². The smallest absolute Gasteiger partial charge is 0.410 e. The SMILES string of the molecule is COCCCOc1cc(CN(C(=O)[C@@H]2C[C@H](C(=O)NC(CC(C)C)CC(C)C)CN(C(=O)OC(C)(C)C)C2)C2CC2)cc(OC)c1.[HH]. The minimum Gasteiger partial charge on any atom is -0.497 e. The van der Waals surface area contributed by atoms with E-state index < -0.39 is 23.5 Å². The van der Waals surface area contributed by atoms with Crippen LogP contribution in [-0.2, 0) is 25.6 Å². The van der Waals surface area contributed by atoms with E-state index in [-0.39, 0.29) is 38.4 Å². The lowest BCUT2D eigenvalue weighted by Crippen LogP contribution is -2.54. The summed E-state index contributed by atoms with van der Waals surface area (Å²) < 4.78 is 22.4. The third-order valence-electron chi connectivity index (χ3n) is 8.24. The van der Waals surface area contributed by atoms with Crippen molar-refractivity contribution in [3.05, 3.63) is 23.8 Å². The van der Waals surface area contributed by atoms with Crippen LogP contribution < -0.4 is 14.8 Å². The maximum Gasteiger partial charge on any atom is 0.410 e. The Morgan fingerprint density at radius 2 is 1.59 bits per heavy atom. The van der Waals surface area contributed by atoms with Gasteiger partial charge in [0, 0.05) is 59.3 Å². The molecule has 2 atom stereocenters. The maximum atomic E-state index is 14.3. The van der Waals surface area contributed by atoms with Crippen LogP contribution in [0.1, 0.15) is 94.0 Å². The molecule has 1 aliphatic carbocycles. The molecule has 0 unspecified atom stereocenters. The number of piperidine rings is 1. The van der Waals surface area contributed by atoms with E-state index in [1.54, 1.807) is 19.1 Å². The number of methoxy groups -OCH3 is 2. The van der Waals surface area contributed by atoms with Gasteiger partial charge in [-0.1, -0.05) is 27.7 Å². The Hall–Kier alpha value is -3.01. The van der Waals surface area contributed by atoms with Crippen LogP contribution in [0.3, 0.4) is 0 Å². The zero-order chi connectivity index (χ0) is 34.0. The lowest BCUT2D eigenvalue weighted by atomic mass is 9.86. The number of hydrogen-bond acceptors (Lipinski definition) is 7. The molecule has 1 N–H and O–H groups in total. The van der Waals surface area contributed by atoms with Crippen molar-refractivity contribution < 1.29 is 34.8 Å². The van der Waals surface area contributed by atoms with Gasteiger partial charge in [0.15, 0.2) is 0 Å². The second-order valence-corrected chi connectivity index (χ2v) is 14.9. The summed E-state index contributed by atoms with van der Waals surface area (Å²) in [6.07, 6.45) is 4.25. The molecule has 262 valence electrons. The number of nitrogens with one attached hydrogen (secondary N) is 1. The molecule has 3 rings (SSSR count). The van der Waals surface area contributed by atoms with Crippen LogP contribution in [0.5, 0.6) is 11.5 Å². The Morgan fingerprint density at radius 3 is 2.15 bits per heavy atom. The van der Waals surface area contributed by atoms with Crippen LogP contribution in [0.2, 0.25) is 0 Å². The number of ether oxygens (including phenoxy) is 4. The van der Waals surface area contributed by atoms with Gasteiger partial charge in [-0.2, -0.15) is 0 Å². The summed E-state index contributed by atoms with van der Waals surface area (Å²) in [5.41, 5.74) is 0.210. The van der Waals surface area contributed by atoms with Crippen LogP contribution in [0.4, 0.5) is 4.79 Å². The van der Waals surface area contributed by atoms with Gasteiger partial charge >= 0.3 is 6.09 Å². The first-order valence-electron chi connectivity index (χ1n) is 17.1. The largest absolute Gasteiger partial charge is 0.497 e. The standard InChI is InChI=1S/C36H59N3O7.H2/c1-24(2)15-29(16-25(3)4)37-33(40)27-19-28(23-38(22-27)35(42)46-36(5,6)7)34(41)39(30-11-12-30)21-26-17-31(44-9)20-32(18-26)45-14-10-13-43-8;/h17-18,20,24-25,27-30H,10-16,19,21-23H2,1-9H3,(H,37,40);1H/t27-,28+;/m0./s1. The van der Waals surface area contributed by atoms with Gasteiger partial charge in [0.2, 0.25) is 11.8 Å². The fourth-order valence-corrected chi connectivity index (χ4v) is 6.14. The number of carbonyl (C=O) groups excluding carboxylic acids is 3. The zero-order valence-corrected chi connectivity index (χ0v) is 29.7. The fourth-order valence-electron chi connectivity index (χ4n) is 6.14. The van der Waals surface area contributed by atoms with Gasteiger partial charge in [0.05, 0.1) is 25.6 Å². The predicted octanol–water partition coefficient (Wildman–Crippen LogP) is 6.30. The van der Waals surface area contributed by atoms with E-state index >= 15 is 0 Å². The first kappa shape index (κ1) is 37.4. The monoisotopic (exact) mass is 647 g/mol. The topological polar surface area (TPSA) is 107 Å². The summed E-state index contributed by atoms with van der Waals surface area (Å²) in [4.78, 5) is 44.9. The predicted molar refractivity (Wildman–Crippen MR) is 181 cm³/mol. The summed E-state index contributed by atoms with van der Waals surface area (Å²) in [5, 5.41) is 3.29. The van der Waals surface area contributed by atoms with Gasteiger partial charge in [-0.05, 0) is 82.4 Å². The zero-order valence-electron chi connectivity index (χ0n) is 29.7. The lowest BCUT2D eigenvalue weighted by Gasteiger charge is -2.39. The molecule has 0 radical (unpaired) electrons. The summed E-state index contributed by atoms with van der Waals surface area (Å²) in [7, 11) is 3.28. The van der Waals surface area contributed by atoms with Gasteiger partial charge in [-0.3, -0.25) is 9.59 Å². The first-order chi connectivity index (χ1) is 21.7. The van der Waals surface area contributed by atoms with Crippen molar-refractivity contribution in [1.29, 1.82) is 0 Å². The molecule has 0 bridgehead atoms. The molecular weight excluding hydrogens is 586 g/mol. The first-order valence-corrected chi connectivity index (χ1v) is 17.1. The minimum atomic E-state index is -0.693. The molecule has 0 aromatic heterocycles. The number of hydrogen-bond donors (Lipinski definition) is 1. The second kappa shape index (κ2) is 17.2. The molecule has 1 aromatic carbocycles. The molecular formula is C36H61N3O7. The summed E-state index contributed by atoms with van der Waals surface area (Å²) in [6.45, 7) is 16.0. The van der Waals surface area contributed by atoms with Crippen LogP contribution >= 0.6 is 0 Å². The molecule has 46 heavy (non-hydrogen) atoms. The van der Waals surface area contributed by atoms with E-state index in [9.17, 15) is 14.4 Å². The van der Waals surface area contributed by atoms with Crippen LogP contribution in [0.25, 0.3) is 0 Å². The number of rotatable bonds is 16. The fraction of sp³-hybridized carbons (Fsp3) is 0.750.